The molecule has 1 rings (SSSR count). The maximum absolute atomic E-state index is 11.0. The van der Waals surface area contributed by atoms with E-state index in [1.165, 1.54) is 0 Å². The van der Waals surface area contributed by atoms with Crippen molar-refractivity contribution in [1.29, 1.82) is 5.26 Å². The summed E-state index contributed by atoms with van der Waals surface area (Å²) in [4.78, 5) is 13.6. The second-order valence-corrected chi connectivity index (χ2v) is 3.46. The van der Waals surface area contributed by atoms with Crippen LogP contribution in [0.25, 0.3) is 0 Å². The second kappa shape index (κ2) is 3.90. The molecule has 13 heavy (non-hydrogen) atoms. The van der Waals surface area contributed by atoms with E-state index in [-0.39, 0.29) is 11.1 Å². The SMILES string of the molecule is CC(C)Cc1c[nH]c(=O)c(C#N)c1. The molecule has 0 spiro atoms. The summed E-state index contributed by atoms with van der Waals surface area (Å²) in [6.07, 6.45) is 2.55. The lowest BCUT2D eigenvalue weighted by Crippen LogP contribution is -2.10. The maximum Gasteiger partial charge on any atom is 0.265 e. The topological polar surface area (TPSA) is 56.6 Å². The first-order valence-corrected chi connectivity index (χ1v) is 4.25. The first-order chi connectivity index (χ1) is 6.13. The Kier molecular flexibility index (Phi) is 2.86. The number of pyridine rings is 1. The molecule has 1 aromatic rings. The molecule has 0 aliphatic carbocycles. The van der Waals surface area contributed by atoms with Gasteiger partial charge in [0.2, 0.25) is 0 Å². The third-order valence-electron chi connectivity index (χ3n) is 1.73. The third kappa shape index (κ3) is 2.45. The average Bonchev–Trinajstić information content (AvgIpc) is 2.07. The highest BCUT2D eigenvalue weighted by Crippen LogP contribution is 2.05. The van der Waals surface area contributed by atoms with E-state index < -0.39 is 0 Å². The molecule has 0 aromatic carbocycles. The van der Waals surface area contributed by atoms with Crippen LogP contribution in [0.3, 0.4) is 0 Å². The number of hydrogen-bond acceptors (Lipinski definition) is 2. The molecular formula is C10H12N2O. The second-order valence-electron chi connectivity index (χ2n) is 3.46. The first kappa shape index (κ1) is 9.53. The minimum Gasteiger partial charge on any atom is -0.328 e. The van der Waals surface area contributed by atoms with E-state index in [0.717, 1.165) is 12.0 Å². The molecule has 1 N–H and O–H groups in total. The van der Waals surface area contributed by atoms with Crippen LogP contribution in [0.1, 0.15) is 25.0 Å². The van der Waals surface area contributed by atoms with Gasteiger partial charge in [-0.1, -0.05) is 13.8 Å². The van der Waals surface area contributed by atoms with Crippen molar-refractivity contribution in [1.82, 2.24) is 4.98 Å². The van der Waals surface area contributed by atoms with Gasteiger partial charge in [0.05, 0.1) is 0 Å². The Balaban J connectivity index is 3.02. The van der Waals surface area contributed by atoms with Crippen molar-refractivity contribution in [2.45, 2.75) is 20.3 Å². The molecule has 0 atom stereocenters. The van der Waals surface area contributed by atoms with Gasteiger partial charge in [0, 0.05) is 6.20 Å². The molecular weight excluding hydrogens is 164 g/mol. The molecule has 0 unspecified atom stereocenters. The van der Waals surface area contributed by atoms with Crippen LogP contribution in [-0.2, 0) is 6.42 Å². The number of H-pyrrole nitrogens is 1. The number of aromatic amines is 1. The summed E-state index contributed by atoms with van der Waals surface area (Å²) >= 11 is 0. The zero-order chi connectivity index (χ0) is 9.84. The summed E-state index contributed by atoms with van der Waals surface area (Å²) < 4.78 is 0. The van der Waals surface area contributed by atoms with E-state index in [1.54, 1.807) is 12.3 Å². The Morgan fingerprint density at radius 2 is 2.31 bits per heavy atom. The van der Waals surface area contributed by atoms with Crippen LogP contribution in [0, 0.1) is 17.2 Å². The molecule has 0 saturated carbocycles. The lowest BCUT2D eigenvalue weighted by molar-refractivity contribution is 0.645. The van der Waals surface area contributed by atoms with Crippen LogP contribution in [0.2, 0.25) is 0 Å². The molecule has 0 bridgehead atoms. The Morgan fingerprint density at radius 3 is 2.85 bits per heavy atom. The van der Waals surface area contributed by atoms with Crippen LogP contribution in [0.15, 0.2) is 17.1 Å². The third-order valence-corrected chi connectivity index (χ3v) is 1.73. The number of rotatable bonds is 2. The van der Waals surface area contributed by atoms with E-state index in [1.807, 2.05) is 6.07 Å². The zero-order valence-corrected chi connectivity index (χ0v) is 7.79. The summed E-state index contributed by atoms with van der Waals surface area (Å²) in [5, 5.41) is 8.61. The predicted molar refractivity (Wildman–Crippen MR) is 50.3 cm³/mol. The van der Waals surface area contributed by atoms with Crippen molar-refractivity contribution in [3.8, 4) is 6.07 Å². The number of nitrogens with one attached hydrogen (secondary N) is 1. The van der Waals surface area contributed by atoms with Crippen molar-refractivity contribution in [3.05, 3.63) is 33.7 Å². The summed E-state index contributed by atoms with van der Waals surface area (Å²) in [6, 6.07) is 3.52. The van der Waals surface area contributed by atoms with Crippen molar-refractivity contribution in [3.63, 3.8) is 0 Å². The number of hydrogen-bond donors (Lipinski definition) is 1. The largest absolute Gasteiger partial charge is 0.328 e. The smallest absolute Gasteiger partial charge is 0.265 e. The molecule has 1 heterocycles. The standard InChI is InChI=1S/C10H12N2O/c1-7(2)3-8-4-9(5-11)10(13)12-6-8/h4,6-7H,3H2,1-2H3,(H,12,13). The van der Waals surface area contributed by atoms with Gasteiger partial charge in [0.1, 0.15) is 11.6 Å². The highest BCUT2D eigenvalue weighted by molar-refractivity contribution is 5.29. The number of aromatic nitrogens is 1. The fourth-order valence-electron chi connectivity index (χ4n) is 1.20. The van der Waals surface area contributed by atoms with Gasteiger partial charge in [-0.05, 0) is 24.0 Å². The fourth-order valence-corrected chi connectivity index (χ4v) is 1.20. The van der Waals surface area contributed by atoms with Crippen molar-refractivity contribution in [2.24, 2.45) is 5.92 Å². The Morgan fingerprint density at radius 1 is 1.62 bits per heavy atom. The summed E-state index contributed by atoms with van der Waals surface area (Å²) in [7, 11) is 0. The summed E-state index contributed by atoms with van der Waals surface area (Å²) in [6.45, 7) is 4.19. The number of nitrogens with zero attached hydrogens (tertiary/aromatic N) is 1. The lowest BCUT2D eigenvalue weighted by Gasteiger charge is -2.03. The van der Waals surface area contributed by atoms with Gasteiger partial charge in [0.25, 0.3) is 5.56 Å². The Labute approximate surface area is 77.0 Å². The molecule has 0 fully saturated rings. The van der Waals surface area contributed by atoms with Crippen molar-refractivity contribution >= 4 is 0 Å². The highest BCUT2D eigenvalue weighted by Gasteiger charge is 2.02. The van der Waals surface area contributed by atoms with E-state index in [4.69, 9.17) is 5.26 Å². The molecule has 3 nitrogen and oxygen atoms in total. The van der Waals surface area contributed by atoms with E-state index >= 15 is 0 Å². The summed E-state index contributed by atoms with van der Waals surface area (Å²) in [5.41, 5.74) is 0.888. The van der Waals surface area contributed by atoms with E-state index in [9.17, 15) is 4.79 Å². The zero-order valence-electron chi connectivity index (χ0n) is 7.79. The molecule has 0 aliphatic heterocycles. The maximum atomic E-state index is 11.0. The molecule has 0 amide bonds. The molecule has 0 radical (unpaired) electrons. The molecule has 0 aliphatic rings. The summed E-state index contributed by atoms with van der Waals surface area (Å²) in [5.74, 6) is 0.525. The normalized spacial score (nSPS) is 10.0. The van der Waals surface area contributed by atoms with Crippen LogP contribution < -0.4 is 5.56 Å². The minimum atomic E-state index is -0.310. The van der Waals surface area contributed by atoms with Gasteiger partial charge in [-0.2, -0.15) is 5.26 Å². The van der Waals surface area contributed by atoms with Crippen LogP contribution in [0.5, 0.6) is 0 Å². The highest BCUT2D eigenvalue weighted by atomic mass is 16.1. The molecule has 68 valence electrons. The van der Waals surface area contributed by atoms with Gasteiger partial charge < -0.3 is 4.98 Å². The molecule has 1 aromatic heterocycles. The van der Waals surface area contributed by atoms with Gasteiger partial charge in [-0.3, -0.25) is 4.79 Å². The van der Waals surface area contributed by atoms with Gasteiger partial charge in [-0.25, -0.2) is 0 Å². The first-order valence-electron chi connectivity index (χ1n) is 4.25. The van der Waals surface area contributed by atoms with Crippen molar-refractivity contribution < 1.29 is 0 Å². The van der Waals surface area contributed by atoms with E-state index in [2.05, 4.69) is 18.8 Å². The van der Waals surface area contributed by atoms with Gasteiger partial charge in [0.15, 0.2) is 0 Å². The Hall–Kier alpha value is -1.56. The van der Waals surface area contributed by atoms with Gasteiger partial charge in [-0.15, -0.1) is 0 Å². The molecule has 3 heteroatoms. The van der Waals surface area contributed by atoms with Crippen LogP contribution in [-0.4, -0.2) is 4.98 Å². The monoisotopic (exact) mass is 176 g/mol. The minimum absolute atomic E-state index is 0.193. The lowest BCUT2D eigenvalue weighted by atomic mass is 10.0. The van der Waals surface area contributed by atoms with Gasteiger partial charge >= 0.3 is 0 Å². The van der Waals surface area contributed by atoms with E-state index in [0.29, 0.717) is 5.92 Å². The fraction of sp³-hybridized carbons (Fsp3) is 0.400. The van der Waals surface area contributed by atoms with Crippen LogP contribution >= 0.6 is 0 Å². The quantitative estimate of drug-likeness (QED) is 0.741. The molecule has 0 saturated heterocycles. The van der Waals surface area contributed by atoms with Crippen LogP contribution in [0.4, 0.5) is 0 Å². The number of nitriles is 1. The Bertz CT molecular complexity index is 385. The average molecular weight is 176 g/mol. The van der Waals surface area contributed by atoms with Crippen molar-refractivity contribution in [2.75, 3.05) is 0 Å². The predicted octanol–water partition coefficient (Wildman–Crippen LogP) is 1.45.